The smallest absolute Gasteiger partial charge is 0.251 e. The van der Waals surface area contributed by atoms with E-state index in [-0.39, 0.29) is 22.6 Å². The number of nitrogens with one attached hydrogen (secondary N) is 2. The van der Waals surface area contributed by atoms with Crippen molar-refractivity contribution in [3.8, 4) is 0 Å². The van der Waals surface area contributed by atoms with Crippen LogP contribution in [-0.2, 0) is 0 Å². The molecule has 0 spiro atoms. The number of hydrogen-bond acceptors (Lipinski definition) is 4. The summed E-state index contributed by atoms with van der Waals surface area (Å²) in [5.74, 6) is 0.683. The summed E-state index contributed by atoms with van der Waals surface area (Å²) in [5.41, 5.74) is 12.6. The van der Waals surface area contributed by atoms with Gasteiger partial charge in [-0.2, -0.15) is 0 Å². The van der Waals surface area contributed by atoms with Gasteiger partial charge in [0.25, 0.3) is 11.8 Å². The van der Waals surface area contributed by atoms with Gasteiger partial charge in [0, 0.05) is 24.2 Å². The van der Waals surface area contributed by atoms with Crippen molar-refractivity contribution in [3.63, 3.8) is 0 Å². The van der Waals surface area contributed by atoms with Gasteiger partial charge < -0.3 is 22.1 Å². The molecule has 0 saturated heterocycles. The van der Waals surface area contributed by atoms with E-state index in [4.69, 9.17) is 11.5 Å². The molecule has 0 bridgehead atoms. The molecule has 6 nitrogen and oxygen atoms in total. The number of benzene rings is 1. The van der Waals surface area contributed by atoms with Crippen molar-refractivity contribution in [1.29, 1.82) is 0 Å². The first-order chi connectivity index (χ1) is 14.9. The van der Waals surface area contributed by atoms with Gasteiger partial charge in [-0.15, -0.1) is 0 Å². The monoisotopic (exact) mass is 446 g/mol. The first-order valence-corrected chi connectivity index (χ1v) is 12.0. The molecule has 182 valence electrons. The minimum Gasteiger partial charge on any atom is -0.352 e. The zero-order chi connectivity index (χ0) is 24.4. The molecule has 2 amide bonds. The first kappa shape index (κ1) is 28.1. The van der Waals surface area contributed by atoms with Crippen molar-refractivity contribution < 1.29 is 9.59 Å². The van der Waals surface area contributed by atoms with Crippen LogP contribution in [0.15, 0.2) is 24.3 Å². The average molecular weight is 447 g/mol. The molecule has 1 aromatic carbocycles. The van der Waals surface area contributed by atoms with Crippen LogP contribution in [0, 0.1) is 22.7 Å². The topological polar surface area (TPSA) is 110 Å². The third-order valence-corrected chi connectivity index (χ3v) is 6.05. The van der Waals surface area contributed by atoms with E-state index in [0.717, 1.165) is 25.7 Å². The Kier molecular flexibility index (Phi) is 11.4. The van der Waals surface area contributed by atoms with Crippen LogP contribution in [0.1, 0.15) is 87.9 Å². The second-order valence-electron chi connectivity index (χ2n) is 11.0. The Morgan fingerprint density at radius 2 is 1.41 bits per heavy atom. The second kappa shape index (κ2) is 12.9. The fourth-order valence-corrected chi connectivity index (χ4v) is 4.29. The maximum Gasteiger partial charge on any atom is 0.251 e. The lowest BCUT2D eigenvalue weighted by atomic mass is 9.82. The molecule has 0 radical (unpaired) electrons. The number of carbonyl (C=O) groups is 2. The van der Waals surface area contributed by atoms with Crippen LogP contribution in [0.3, 0.4) is 0 Å². The van der Waals surface area contributed by atoms with E-state index in [1.54, 1.807) is 24.3 Å². The largest absolute Gasteiger partial charge is 0.352 e. The fourth-order valence-electron chi connectivity index (χ4n) is 4.29. The van der Waals surface area contributed by atoms with Crippen LogP contribution < -0.4 is 22.1 Å². The van der Waals surface area contributed by atoms with E-state index in [0.29, 0.717) is 49.1 Å². The molecule has 0 aromatic heterocycles. The summed E-state index contributed by atoms with van der Waals surface area (Å²) in [6, 6.07) is 6.90. The van der Waals surface area contributed by atoms with Gasteiger partial charge in [0.1, 0.15) is 0 Å². The number of carbonyl (C=O) groups excluding carboxylic acids is 2. The number of hydrogen-bond donors (Lipinski definition) is 4. The quantitative estimate of drug-likeness (QED) is 0.347. The summed E-state index contributed by atoms with van der Waals surface area (Å²) in [5, 5.41) is 6.00. The average Bonchev–Trinajstić information content (AvgIpc) is 2.71. The van der Waals surface area contributed by atoms with Crippen molar-refractivity contribution in [2.45, 2.75) is 67.2 Å². The third-order valence-electron chi connectivity index (χ3n) is 6.05. The molecule has 0 fully saturated rings. The molecule has 0 heterocycles. The van der Waals surface area contributed by atoms with Gasteiger partial charge in [-0.3, -0.25) is 9.59 Å². The predicted molar refractivity (Wildman–Crippen MR) is 134 cm³/mol. The summed E-state index contributed by atoms with van der Waals surface area (Å²) in [4.78, 5) is 25.2. The molecule has 1 aromatic rings. The second-order valence-corrected chi connectivity index (χ2v) is 11.0. The highest BCUT2D eigenvalue weighted by atomic mass is 16.2. The Morgan fingerprint density at radius 1 is 0.875 bits per heavy atom. The maximum absolute atomic E-state index is 12.7. The van der Waals surface area contributed by atoms with Gasteiger partial charge in [0.05, 0.1) is 0 Å². The molecule has 0 aliphatic rings. The fraction of sp³-hybridized carbons (Fsp3) is 0.692. The first-order valence-electron chi connectivity index (χ1n) is 12.0. The summed E-state index contributed by atoms with van der Waals surface area (Å²) < 4.78 is 0. The molecular formula is C26H46N4O2. The van der Waals surface area contributed by atoms with Gasteiger partial charge in [-0.05, 0) is 79.6 Å². The normalized spacial score (nSPS) is 14.0. The zero-order valence-electron chi connectivity index (χ0n) is 21.1. The maximum atomic E-state index is 12.7. The highest BCUT2D eigenvalue weighted by Gasteiger charge is 2.22. The van der Waals surface area contributed by atoms with Crippen molar-refractivity contribution in [1.82, 2.24) is 10.6 Å². The van der Waals surface area contributed by atoms with Gasteiger partial charge in [0.15, 0.2) is 0 Å². The van der Waals surface area contributed by atoms with Crippen molar-refractivity contribution in [2.75, 3.05) is 26.2 Å². The van der Waals surface area contributed by atoms with E-state index in [9.17, 15) is 9.59 Å². The van der Waals surface area contributed by atoms with Gasteiger partial charge in [0.2, 0.25) is 0 Å². The Morgan fingerprint density at radius 3 is 1.97 bits per heavy atom. The van der Waals surface area contributed by atoms with Crippen LogP contribution >= 0.6 is 0 Å². The van der Waals surface area contributed by atoms with E-state index in [1.165, 1.54) is 0 Å². The number of amides is 2. The minimum atomic E-state index is -0.156. The van der Waals surface area contributed by atoms with Crippen LogP contribution in [0.4, 0.5) is 0 Å². The summed E-state index contributed by atoms with van der Waals surface area (Å²) in [6.45, 7) is 15.5. The van der Waals surface area contributed by atoms with Gasteiger partial charge >= 0.3 is 0 Å². The van der Waals surface area contributed by atoms with Gasteiger partial charge in [-0.25, -0.2) is 0 Å². The van der Waals surface area contributed by atoms with Crippen LogP contribution in [0.25, 0.3) is 0 Å². The molecule has 2 atom stereocenters. The highest BCUT2D eigenvalue weighted by Crippen LogP contribution is 2.26. The molecule has 1 rings (SSSR count). The molecular weight excluding hydrogens is 400 g/mol. The predicted octanol–water partition coefficient (Wildman–Crippen LogP) is 3.95. The molecule has 32 heavy (non-hydrogen) atoms. The number of nitrogens with two attached hydrogens (primary N) is 2. The molecule has 0 saturated carbocycles. The van der Waals surface area contributed by atoms with Crippen molar-refractivity contribution in [3.05, 3.63) is 35.4 Å². The van der Waals surface area contributed by atoms with E-state index < -0.39 is 0 Å². The Bertz CT molecular complexity index is 730. The lowest BCUT2D eigenvalue weighted by molar-refractivity contribution is 0.0930. The Labute approximate surface area is 195 Å². The minimum absolute atomic E-state index is 0.0195. The molecule has 6 heteroatoms. The van der Waals surface area contributed by atoms with Crippen LogP contribution in [-0.4, -0.2) is 38.0 Å². The molecule has 0 aliphatic carbocycles. The summed E-state index contributed by atoms with van der Waals surface area (Å²) in [6.07, 6.45) is 3.90. The molecule has 2 unspecified atom stereocenters. The SMILES string of the molecule is CC(CCNC(=O)c1cccc(C(=O)NCC(C)(C)CC(C)CCN)c1)CC(C)(C)CN. The standard InChI is InChI=1S/C26H46N4O2/c1-19(10-12-27)16-26(5,6)18-30-24(32)22-9-7-8-21(14-22)23(31)29-13-11-20(2)15-25(3,4)17-28/h7-9,14,19-20H,10-13,15-18,27-28H2,1-6H3,(H,29,31)(H,30,32). The number of rotatable bonds is 14. The van der Waals surface area contributed by atoms with Crippen LogP contribution in [0.2, 0.25) is 0 Å². The Balaban J connectivity index is 2.57. The van der Waals surface area contributed by atoms with E-state index in [2.05, 4.69) is 52.2 Å². The van der Waals surface area contributed by atoms with Crippen molar-refractivity contribution in [2.24, 2.45) is 34.1 Å². The van der Waals surface area contributed by atoms with E-state index >= 15 is 0 Å². The van der Waals surface area contributed by atoms with E-state index in [1.807, 2.05) is 0 Å². The molecule has 0 aliphatic heterocycles. The zero-order valence-corrected chi connectivity index (χ0v) is 21.1. The lowest BCUT2D eigenvalue weighted by Gasteiger charge is -2.28. The van der Waals surface area contributed by atoms with Gasteiger partial charge in [-0.1, -0.05) is 47.6 Å². The van der Waals surface area contributed by atoms with Crippen molar-refractivity contribution >= 4 is 11.8 Å². The van der Waals surface area contributed by atoms with Crippen LogP contribution in [0.5, 0.6) is 0 Å². The summed E-state index contributed by atoms with van der Waals surface area (Å²) >= 11 is 0. The Hall–Kier alpha value is -1.92. The summed E-state index contributed by atoms with van der Waals surface area (Å²) in [7, 11) is 0. The lowest BCUT2D eigenvalue weighted by Crippen LogP contribution is -2.35. The molecule has 6 N–H and O–H groups in total. The highest BCUT2D eigenvalue weighted by molar-refractivity contribution is 5.99. The third kappa shape index (κ3) is 10.6.